The maximum absolute atomic E-state index is 11.0. The van der Waals surface area contributed by atoms with Crippen molar-refractivity contribution in [3.63, 3.8) is 0 Å². The molecule has 9 rings (SSSR count). The second-order valence-electron chi connectivity index (χ2n) is 26.3. The average Bonchev–Trinajstić information content (AvgIpc) is 3.49. The highest BCUT2D eigenvalue weighted by Crippen LogP contribution is 2.49. The van der Waals surface area contributed by atoms with Crippen molar-refractivity contribution in [3.05, 3.63) is 211 Å². The number of allylic oxidation sites excluding steroid dienone is 3. The number of benzene rings is 6. The van der Waals surface area contributed by atoms with Crippen molar-refractivity contribution >= 4 is 52.9 Å². The zero-order valence-electron chi connectivity index (χ0n) is 49.2. The highest BCUT2D eigenvalue weighted by molar-refractivity contribution is 5.90. The molecular weight excluding hydrogens is 961 g/mol. The first-order chi connectivity index (χ1) is 36.3. The molecule has 6 heteroatoms. The van der Waals surface area contributed by atoms with E-state index in [0.29, 0.717) is 16.7 Å². The Bertz CT molecular complexity index is 2960. The highest BCUT2D eigenvalue weighted by atomic mass is 16.4. The zero-order valence-corrected chi connectivity index (χ0v) is 49.2. The van der Waals surface area contributed by atoms with Crippen LogP contribution in [-0.4, -0.2) is 33.2 Å². The van der Waals surface area contributed by atoms with E-state index in [0.717, 1.165) is 16.7 Å². The largest absolute Gasteiger partial charge is 0.478 e. The third kappa shape index (κ3) is 13.3. The van der Waals surface area contributed by atoms with Crippen molar-refractivity contribution < 1.29 is 29.7 Å². The zero-order chi connectivity index (χ0) is 57.3. The number of rotatable bonds is 9. The number of carboxylic acids is 3. The fourth-order valence-corrected chi connectivity index (χ4v) is 11.7. The number of hydrogen-bond acceptors (Lipinski definition) is 3. The van der Waals surface area contributed by atoms with E-state index >= 15 is 0 Å². The minimum Gasteiger partial charge on any atom is -0.478 e. The van der Waals surface area contributed by atoms with Gasteiger partial charge in [0.05, 0.1) is 16.7 Å². The van der Waals surface area contributed by atoms with Crippen LogP contribution in [0.1, 0.15) is 240 Å². The van der Waals surface area contributed by atoms with E-state index in [4.69, 9.17) is 15.3 Å². The third-order valence-corrected chi connectivity index (χ3v) is 17.5. The predicted molar refractivity (Wildman–Crippen MR) is 326 cm³/mol. The molecule has 408 valence electrons. The van der Waals surface area contributed by atoms with Gasteiger partial charge in [0.2, 0.25) is 0 Å². The van der Waals surface area contributed by atoms with Gasteiger partial charge in [-0.05, 0) is 212 Å². The number of carboxylic acid groups (broad SMARTS) is 3. The first-order valence-electron chi connectivity index (χ1n) is 27.8. The highest BCUT2D eigenvalue weighted by Gasteiger charge is 2.39. The van der Waals surface area contributed by atoms with E-state index in [9.17, 15) is 14.4 Å². The summed E-state index contributed by atoms with van der Waals surface area (Å²) < 4.78 is 0. The first-order valence-corrected chi connectivity index (χ1v) is 27.8. The van der Waals surface area contributed by atoms with Gasteiger partial charge in [-0.1, -0.05) is 192 Å². The van der Waals surface area contributed by atoms with Crippen LogP contribution in [0.4, 0.5) is 0 Å². The molecule has 0 spiro atoms. The summed E-state index contributed by atoms with van der Waals surface area (Å²) in [5.74, 6) is -2.68. The summed E-state index contributed by atoms with van der Waals surface area (Å²) in [6.45, 7) is 34.5. The van der Waals surface area contributed by atoms with E-state index in [1.54, 1.807) is 36.4 Å². The van der Waals surface area contributed by atoms with Crippen molar-refractivity contribution in [3.8, 4) is 0 Å². The molecule has 3 aliphatic carbocycles. The fourth-order valence-electron chi connectivity index (χ4n) is 11.7. The van der Waals surface area contributed by atoms with Gasteiger partial charge in [-0.25, -0.2) is 14.4 Å². The Labute approximate surface area is 466 Å². The monoisotopic (exact) mass is 1040 g/mol. The van der Waals surface area contributed by atoms with Gasteiger partial charge in [0.25, 0.3) is 0 Å². The number of aromatic carboxylic acids is 3. The standard InChI is InChI=1S/3C24H28O2/c3*1-16(14-17-6-8-18(9-7-17)22(25)26)19-10-11-20-21(15-19)24(4,5)13-12-23(20,2)3/h3*6-11,14-15H,12-13H2,1-5H3,(H,25,26)/b3*16-14+. The molecule has 0 heterocycles. The maximum atomic E-state index is 11.0. The van der Waals surface area contributed by atoms with Gasteiger partial charge in [-0.15, -0.1) is 0 Å². The number of hydrogen-bond donors (Lipinski definition) is 3. The molecule has 6 aromatic carbocycles. The van der Waals surface area contributed by atoms with Crippen LogP contribution in [0.25, 0.3) is 34.9 Å². The van der Waals surface area contributed by atoms with Crippen molar-refractivity contribution in [2.24, 2.45) is 0 Å². The van der Waals surface area contributed by atoms with Crippen molar-refractivity contribution in [2.75, 3.05) is 0 Å². The topological polar surface area (TPSA) is 112 Å². The third-order valence-electron chi connectivity index (χ3n) is 17.5. The molecule has 0 bridgehead atoms. The van der Waals surface area contributed by atoms with E-state index in [1.807, 2.05) is 36.4 Å². The van der Waals surface area contributed by atoms with Gasteiger partial charge in [0, 0.05) is 0 Å². The lowest BCUT2D eigenvalue weighted by atomic mass is 9.63. The van der Waals surface area contributed by atoms with Crippen LogP contribution in [0.3, 0.4) is 0 Å². The molecule has 0 aliphatic heterocycles. The van der Waals surface area contributed by atoms with Gasteiger partial charge >= 0.3 is 17.9 Å². The lowest BCUT2D eigenvalue weighted by Gasteiger charge is -2.42. The minimum atomic E-state index is -0.892. The Kier molecular flexibility index (Phi) is 16.8. The summed E-state index contributed by atoms with van der Waals surface area (Å²) in [5, 5.41) is 27.1. The van der Waals surface area contributed by atoms with Gasteiger partial charge in [0.15, 0.2) is 0 Å². The summed E-state index contributed by atoms with van der Waals surface area (Å²) in [6, 6.07) is 41.7. The van der Waals surface area contributed by atoms with Crippen molar-refractivity contribution in [1.82, 2.24) is 0 Å². The van der Waals surface area contributed by atoms with Crippen LogP contribution in [0, 0.1) is 0 Å². The summed E-state index contributed by atoms with van der Waals surface area (Å²) in [5.41, 5.74) is 21.3. The smallest absolute Gasteiger partial charge is 0.335 e. The molecule has 0 radical (unpaired) electrons. The van der Waals surface area contributed by atoms with Crippen LogP contribution >= 0.6 is 0 Å². The van der Waals surface area contributed by atoms with E-state index in [1.165, 1.54) is 105 Å². The lowest BCUT2D eigenvalue weighted by molar-refractivity contribution is 0.0686. The maximum Gasteiger partial charge on any atom is 0.335 e. The van der Waals surface area contributed by atoms with E-state index < -0.39 is 17.9 Å². The number of fused-ring (bicyclic) bond motifs is 3. The SMILES string of the molecule is C/C(=C\c1ccc(C(=O)O)cc1)c1ccc2c(c1)C(C)(C)CCC2(C)C.C/C(=C\c1ccc(C(=O)O)cc1)c1ccc2c(c1)C(C)(C)CCC2(C)C.C/C(=C\c1ccc(C(=O)O)cc1)c1ccc2c(c1)C(C)(C)CCC2(C)C. The van der Waals surface area contributed by atoms with Crippen molar-refractivity contribution in [2.45, 2.75) is 175 Å². The van der Waals surface area contributed by atoms with Crippen LogP contribution in [-0.2, 0) is 32.5 Å². The molecule has 0 atom stereocenters. The van der Waals surface area contributed by atoms with Crippen LogP contribution in [0.5, 0.6) is 0 Å². The minimum absolute atomic E-state index is 0.199. The average molecular weight is 1050 g/mol. The Morgan fingerprint density at radius 1 is 0.295 bits per heavy atom. The Morgan fingerprint density at radius 3 is 0.667 bits per heavy atom. The molecule has 0 unspecified atom stereocenters. The molecule has 3 N–H and O–H groups in total. The molecular formula is C72H84O6. The molecule has 0 saturated heterocycles. The van der Waals surface area contributed by atoms with E-state index in [-0.39, 0.29) is 32.5 Å². The van der Waals surface area contributed by atoms with Gasteiger partial charge in [0.1, 0.15) is 0 Å². The quantitative estimate of drug-likeness (QED) is 0.124. The lowest BCUT2D eigenvalue weighted by Crippen LogP contribution is -2.33. The Morgan fingerprint density at radius 2 is 0.474 bits per heavy atom. The molecule has 0 amide bonds. The second-order valence-corrected chi connectivity index (χ2v) is 26.3. The summed E-state index contributed by atoms with van der Waals surface area (Å²) in [6.07, 6.45) is 13.6. The Balaban J connectivity index is 0.000000170. The van der Waals surface area contributed by atoms with Crippen LogP contribution < -0.4 is 0 Å². The first kappa shape index (κ1) is 58.6. The molecule has 0 aromatic heterocycles. The second kappa shape index (κ2) is 22.4. The normalized spacial score (nSPS) is 18.3. The molecule has 0 saturated carbocycles. The van der Waals surface area contributed by atoms with Gasteiger partial charge in [-0.3, -0.25) is 0 Å². The molecule has 3 aliphatic rings. The molecule has 6 nitrogen and oxygen atoms in total. The summed E-state index contributed by atoms with van der Waals surface area (Å²) in [4.78, 5) is 33.0. The molecule has 0 fully saturated rings. The Hall–Kier alpha value is -7.05. The van der Waals surface area contributed by atoms with Gasteiger partial charge < -0.3 is 15.3 Å². The predicted octanol–water partition coefficient (Wildman–Crippen LogP) is 18.9. The van der Waals surface area contributed by atoms with E-state index in [2.05, 4.69) is 177 Å². The van der Waals surface area contributed by atoms with Crippen molar-refractivity contribution in [1.29, 1.82) is 0 Å². The van der Waals surface area contributed by atoms with Gasteiger partial charge in [-0.2, -0.15) is 0 Å². The van der Waals surface area contributed by atoms with Crippen LogP contribution in [0.2, 0.25) is 0 Å². The summed E-state index contributed by atoms with van der Waals surface area (Å²) in [7, 11) is 0. The summed E-state index contributed by atoms with van der Waals surface area (Å²) >= 11 is 0. The molecule has 78 heavy (non-hydrogen) atoms. The van der Waals surface area contributed by atoms with Crippen LogP contribution in [0.15, 0.2) is 127 Å². The molecule has 6 aromatic rings. The number of carbonyl (C=O) groups is 3. The fraction of sp³-hybridized carbons (Fsp3) is 0.375.